The van der Waals surface area contributed by atoms with E-state index in [4.69, 9.17) is 14.7 Å². The number of pyridine rings is 1. The molecular weight excluding hydrogens is 514 g/mol. The lowest BCUT2D eigenvalue weighted by atomic mass is 9.92. The Morgan fingerprint density at radius 1 is 1.12 bits per heavy atom. The molecule has 2 aliphatic heterocycles. The Balaban J connectivity index is 1.42. The molecule has 1 saturated heterocycles. The van der Waals surface area contributed by atoms with Crippen LogP contribution in [0.3, 0.4) is 0 Å². The van der Waals surface area contributed by atoms with Crippen molar-refractivity contribution in [1.29, 1.82) is 0 Å². The Morgan fingerprint density at radius 3 is 2.56 bits per heavy atom. The number of rotatable bonds is 12. The van der Waals surface area contributed by atoms with Crippen molar-refractivity contribution in [2.75, 3.05) is 48.3 Å². The Bertz CT molecular complexity index is 1140. The number of fused-ring (bicyclic) bond motifs is 1. The molecule has 0 bridgehead atoms. The van der Waals surface area contributed by atoms with Gasteiger partial charge in [0.15, 0.2) is 0 Å². The topological polar surface area (TPSA) is 104 Å². The van der Waals surface area contributed by atoms with Crippen molar-refractivity contribution < 1.29 is 9.53 Å². The number of hydrogen-bond donors (Lipinski definition) is 3. The number of piperidine rings is 1. The average molecular weight is 566 g/mol. The van der Waals surface area contributed by atoms with Crippen molar-refractivity contribution in [3.8, 4) is 0 Å². The summed E-state index contributed by atoms with van der Waals surface area (Å²) in [5.41, 5.74) is 3.09. The molecule has 9 nitrogen and oxygen atoms in total. The van der Waals surface area contributed by atoms with Crippen molar-refractivity contribution in [2.45, 2.75) is 104 Å². The number of aryl methyl sites for hydroxylation is 1. The normalized spacial score (nSPS) is 16.7. The second kappa shape index (κ2) is 14.3. The first-order valence-electron chi connectivity index (χ1n) is 15.7. The van der Waals surface area contributed by atoms with E-state index in [1.807, 2.05) is 20.8 Å². The SMILES string of the molecule is CCc1c(NC[C@H](NCC(CC)CC)C(=O)OC(C)(C)C)ncnc1N1CCC(c2ccc3c(n2)NCCC3)CC1. The molecule has 9 heteroatoms. The van der Waals surface area contributed by atoms with E-state index in [1.165, 1.54) is 17.7 Å². The number of ether oxygens (including phenoxy) is 1. The number of anilines is 3. The Morgan fingerprint density at radius 2 is 1.88 bits per heavy atom. The first-order chi connectivity index (χ1) is 19.7. The van der Waals surface area contributed by atoms with Gasteiger partial charge in [-0.05, 0) is 77.0 Å². The van der Waals surface area contributed by atoms with Crippen LogP contribution < -0.4 is 20.9 Å². The molecule has 41 heavy (non-hydrogen) atoms. The lowest BCUT2D eigenvalue weighted by molar-refractivity contribution is -0.157. The molecule has 0 spiro atoms. The van der Waals surface area contributed by atoms with Gasteiger partial charge in [0, 0.05) is 43.4 Å². The monoisotopic (exact) mass is 565 g/mol. The minimum absolute atomic E-state index is 0.239. The molecule has 4 rings (SSSR count). The first-order valence-corrected chi connectivity index (χ1v) is 15.7. The van der Waals surface area contributed by atoms with E-state index in [0.717, 1.165) is 87.7 Å². The van der Waals surface area contributed by atoms with Crippen molar-refractivity contribution in [3.05, 3.63) is 35.3 Å². The van der Waals surface area contributed by atoms with Crippen LogP contribution in [0.25, 0.3) is 0 Å². The molecule has 1 atom stereocenters. The van der Waals surface area contributed by atoms with Gasteiger partial charge in [0.1, 0.15) is 35.4 Å². The molecule has 1 fully saturated rings. The lowest BCUT2D eigenvalue weighted by Crippen LogP contribution is -2.47. The highest BCUT2D eigenvalue weighted by Crippen LogP contribution is 2.33. The van der Waals surface area contributed by atoms with E-state index in [0.29, 0.717) is 18.4 Å². The van der Waals surface area contributed by atoms with Crippen molar-refractivity contribution in [2.24, 2.45) is 5.92 Å². The number of carbonyl (C=O) groups is 1. The Hall–Kier alpha value is -2.94. The summed E-state index contributed by atoms with van der Waals surface area (Å²) in [5.74, 6) is 3.60. The van der Waals surface area contributed by atoms with Gasteiger partial charge in [-0.15, -0.1) is 0 Å². The number of hydrogen-bond acceptors (Lipinski definition) is 9. The van der Waals surface area contributed by atoms with Gasteiger partial charge >= 0.3 is 5.97 Å². The average Bonchev–Trinajstić information content (AvgIpc) is 2.97. The largest absolute Gasteiger partial charge is 0.459 e. The summed E-state index contributed by atoms with van der Waals surface area (Å²) < 4.78 is 5.75. The molecule has 0 aliphatic carbocycles. The third kappa shape index (κ3) is 8.31. The highest BCUT2D eigenvalue weighted by molar-refractivity contribution is 5.77. The van der Waals surface area contributed by atoms with Crippen LogP contribution in [0.4, 0.5) is 17.5 Å². The van der Waals surface area contributed by atoms with Gasteiger partial charge in [-0.1, -0.05) is 39.7 Å². The first kappa shape index (κ1) is 31.0. The highest BCUT2D eigenvalue weighted by Gasteiger charge is 2.28. The fraction of sp³-hybridized carbons (Fsp3) is 0.688. The molecule has 0 saturated carbocycles. The molecule has 2 aromatic rings. The summed E-state index contributed by atoms with van der Waals surface area (Å²) in [7, 11) is 0. The van der Waals surface area contributed by atoms with Gasteiger partial charge in [0.05, 0.1) is 0 Å². The second-order valence-corrected chi connectivity index (χ2v) is 12.5. The van der Waals surface area contributed by atoms with Gasteiger partial charge in [-0.2, -0.15) is 0 Å². The van der Waals surface area contributed by atoms with Crippen LogP contribution in [0.5, 0.6) is 0 Å². The molecule has 2 aliphatic rings. The third-order valence-electron chi connectivity index (χ3n) is 8.38. The van der Waals surface area contributed by atoms with Crippen LogP contribution in [0, 0.1) is 5.92 Å². The maximum absolute atomic E-state index is 13.1. The van der Waals surface area contributed by atoms with E-state index in [9.17, 15) is 4.79 Å². The maximum Gasteiger partial charge on any atom is 0.325 e. The van der Waals surface area contributed by atoms with Crippen LogP contribution in [0.1, 0.15) is 96.4 Å². The van der Waals surface area contributed by atoms with Crippen LogP contribution in [0.2, 0.25) is 0 Å². The quantitative estimate of drug-likeness (QED) is 0.295. The Labute approximate surface area is 246 Å². The van der Waals surface area contributed by atoms with Crippen molar-refractivity contribution >= 4 is 23.4 Å². The number of carbonyl (C=O) groups excluding carboxylic acids is 1. The zero-order chi connectivity index (χ0) is 29.4. The van der Waals surface area contributed by atoms with Gasteiger partial charge in [0.25, 0.3) is 0 Å². The molecular formula is C32H51N7O2. The van der Waals surface area contributed by atoms with Crippen molar-refractivity contribution in [3.63, 3.8) is 0 Å². The summed E-state index contributed by atoms with van der Waals surface area (Å²) in [4.78, 5) is 29.8. The lowest BCUT2D eigenvalue weighted by Gasteiger charge is -2.34. The fourth-order valence-electron chi connectivity index (χ4n) is 5.81. The molecule has 4 heterocycles. The summed E-state index contributed by atoms with van der Waals surface area (Å²) in [5, 5.41) is 10.4. The predicted octanol–water partition coefficient (Wildman–Crippen LogP) is 5.32. The molecule has 0 aromatic carbocycles. The van der Waals surface area contributed by atoms with Gasteiger partial charge in [-0.25, -0.2) is 15.0 Å². The Kier molecular flexibility index (Phi) is 10.8. The standard InChI is InChI=1S/C32H51N7O2/c1-7-22(8-2)19-34-27(31(40)41-32(4,5)6)20-35-29-25(9-3)30(37-21-36-29)39-17-14-23(15-18-39)26-13-12-24-11-10-16-33-28(24)38-26/h12-13,21-23,27,34H,7-11,14-20H2,1-6H3,(H,33,38)(H,35,36,37)/t27-/m0/s1. The maximum atomic E-state index is 13.1. The van der Waals surface area contributed by atoms with E-state index in [-0.39, 0.29) is 5.97 Å². The van der Waals surface area contributed by atoms with E-state index < -0.39 is 11.6 Å². The number of aromatic nitrogens is 3. The zero-order valence-corrected chi connectivity index (χ0v) is 26.1. The summed E-state index contributed by atoms with van der Waals surface area (Å²) in [6, 6.07) is 4.03. The third-order valence-corrected chi connectivity index (χ3v) is 8.38. The van der Waals surface area contributed by atoms with Crippen LogP contribution in [-0.4, -0.2) is 65.3 Å². The highest BCUT2D eigenvalue weighted by atomic mass is 16.6. The van der Waals surface area contributed by atoms with E-state index in [2.05, 4.69) is 58.7 Å². The smallest absolute Gasteiger partial charge is 0.325 e. The summed E-state index contributed by atoms with van der Waals surface area (Å²) in [6.07, 6.45) is 8.97. The molecule has 3 N–H and O–H groups in total. The molecule has 0 radical (unpaired) electrons. The fourth-order valence-corrected chi connectivity index (χ4v) is 5.81. The molecule has 0 amide bonds. The molecule has 0 unspecified atom stereocenters. The molecule has 226 valence electrons. The minimum atomic E-state index is -0.542. The van der Waals surface area contributed by atoms with Crippen molar-refractivity contribution in [1.82, 2.24) is 20.3 Å². The zero-order valence-electron chi connectivity index (χ0n) is 26.1. The van der Waals surface area contributed by atoms with Gasteiger partial charge < -0.3 is 25.6 Å². The van der Waals surface area contributed by atoms with Gasteiger partial charge in [-0.3, -0.25) is 4.79 Å². The van der Waals surface area contributed by atoms with Crippen LogP contribution in [-0.2, 0) is 22.4 Å². The number of nitrogens with one attached hydrogen (secondary N) is 3. The second-order valence-electron chi connectivity index (χ2n) is 12.5. The number of esters is 1. The molecule has 2 aromatic heterocycles. The van der Waals surface area contributed by atoms with Crippen LogP contribution in [0.15, 0.2) is 18.5 Å². The van der Waals surface area contributed by atoms with Gasteiger partial charge in [0.2, 0.25) is 0 Å². The number of nitrogens with zero attached hydrogens (tertiary/aromatic N) is 4. The summed E-state index contributed by atoms with van der Waals surface area (Å²) in [6.45, 7) is 16.3. The summed E-state index contributed by atoms with van der Waals surface area (Å²) >= 11 is 0. The predicted molar refractivity (Wildman–Crippen MR) is 167 cm³/mol. The minimum Gasteiger partial charge on any atom is -0.459 e. The van der Waals surface area contributed by atoms with E-state index in [1.54, 1.807) is 6.33 Å². The van der Waals surface area contributed by atoms with Crippen LogP contribution >= 0.6 is 0 Å². The van der Waals surface area contributed by atoms with E-state index >= 15 is 0 Å².